The minimum Gasteiger partial charge on any atom is -0.396 e. The Morgan fingerprint density at radius 2 is 2.00 bits per heavy atom. The molecule has 0 saturated carbocycles. The Morgan fingerprint density at radius 3 is 2.58 bits per heavy atom. The van der Waals surface area contributed by atoms with Gasteiger partial charge in [0, 0.05) is 41.0 Å². The molecule has 0 unspecified atom stereocenters. The second kappa shape index (κ2) is 8.05. The molecule has 2 heterocycles. The van der Waals surface area contributed by atoms with Gasteiger partial charge in [0.2, 0.25) is 5.43 Å². The molecule has 9 nitrogen and oxygen atoms in total. The van der Waals surface area contributed by atoms with Crippen LogP contribution in [-0.2, 0) is 6.61 Å². The van der Waals surface area contributed by atoms with Gasteiger partial charge in [0.1, 0.15) is 25.0 Å². The molecular weight excluding hydrogens is 437 g/mol. The van der Waals surface area contributed by atoms with E-state index in [0.29, 0.717) is 5.56 Å². The summed E-state index contributed by atoms with van der Waals surface area (Å²) in [4.78, 5) is 37.8. The van der Waals surface area contributed by atoms with E-state index in [1.165, 1.54) is 18.5 Å². The third-order valence-corrected chi connectivity index (χ3v) is 5.95. The molecular formula is C21H19BF2N4O5. The quantitative estimate of drug-likeness (QED) is 0.285. The van der Waals surface area contributed by atoms with E-state index in [4.69, 9.17) is 5.73 Å². The van der Waals surface area contributed by atoms with Gasteiger partial charge in [-0.25, -0.2) is 8.78 Å². The molecule has 0 aliphatic carbocycles. The number of nitroso groups, excluding NO2 is 1. The first-order valence-electron chi connectivity index (χ1n) is 9.98. The number of hydrogen-bond donors (Lipinski definition) is 3. The van der Waals surface area contributed by atoms with Gasteiger partial charge in [-0.15, -0.1) is 4.91 Å². The van der Waals surface area contributed by atoms with Crippen molar-refractivity contribution < 1.29 is 23.8 Å². The normalized spacial score (nSPS) is 13.9. The lowest BCUT2D eigenvalue weighted by Gasteiger charge is -2.39. The van der Waals surface area contributed by atoms with Crippen molar-refractivity contribution in [2.75, 3.05) is 23.7 Å². The zero-order valence-electron chi connectivity index (χ0n) is 17.7. The molecule has 4 rings (SSSR count). The van der Waals surface area contributed by atoms with Crippen LogP contribution in [0.15, 0.2) is 28.3 Å². The number of fused-ring (bicyclic) bond motifs is 1. The average Bonchev–Trinajstić information content (AvgIpc) is 2.77. The van der Waals surface area contributed by atoms with Crippen LogP contribution in [0.4, 0.5) is 20.2 Å². The van der Waals surface area contributed by atoms with Gasteiger partial charge in [0.05, 0.1) is 35.3 Å². The lowest BCUT2D eigenvalue weighted by molar-refractivity contribution is 0.0999. The first kappa shape index (κ1) is 22.6. The maximum atomic E-state index is 15.4. The third kappa shape index (κ3) is 3.38. The molecule has 12 heteroatoms. The SMILES string of the molecule is Bc1c(F)c(N2CC(O)C2)c(C)c2c1c(=O)c(C(=O)N=O)cn2-c1cc(N)c(F)cc1CO. The Balaban J connectivity index is 2.21. The topological polar surface area (TPSA) is 138 Å². The van der Waals surface area contributed by atoms with E-state index in [2.05, 4.69) is 5.18 Å². The number of amides is 1. The Kier molecular flexibility index (Phi) is 5.50. The van der Waals surface area contributed by atoms with Crippen molar-refractivity contribution in [2.45, 2.75) is 19.6 Å². The zero-order chi connectivity index (χ0) is 24.2. The first-order chi connectivity index (χ1) is 15.6. The number of anilines is 2. The molecule has 1 aromatic heterocycles. The van der Waals surface area contributed by atoms with Crippen molar-refractivity contribution in [1.29, 1.82) is 0 Å². The van der Waals surface area contributed by atoms with Gasteiger partial charge in [-0.05, 0) is 24.5 Å². The second-order valence-electron chi connectivity index (χ2n) is 7.99. The smallest absolute Gasteiger partial charge is 0.322 e. The van der Waals surface area contributed by atoms with Gasteiger partial charge in [-0.3, -0.25) is 9.59 Å². The van der Waals surface area contributed by atoms with Crippen LogP contribution in [0.5, 0.6) is 0 Å². The summed E-state index contributed by atoms with van der Waals surface area (Å²) >= 11 is 0. The largest absolute Gasteiger partial charge is 0.396 e. The molecule has 1 saturated heterocycles. The number of rotatable bonds is 4. The van der Waals surface area contributed by atoms with Gasteiger partial charge < -0.3 is 25.4 Å². The maximum absolute atomic E-state index is 15.4. The molecule has 2 aromatic carbocycles. The number of carbonyl (C=O) groups excluding carboxylic acids is 1. The number of hydrogen-bond acceptors (Lipinski definition) is 7. The van der Waals surface area contributed by atoms with Crippen LogP contribution in [0.2, 0.25) is 0 Å². The molecule has 1 aliphatic heterocycles. The number of benzene rings is 2. The molecule has 3 aromatic rings. The van der Waals surface area contributed by atoms with Gasteiger partial charge in [-0.2, -0.15) is 0 Å². The number of nitrogens with zero attached hydrogens (tertiary/aromatic N) is 3. The Hall–Kier alpha value is -3.64. The Bertz CT molecular complexity index is 1400. The summed E-state index contributed by atoms with van der Waals surface area (Å²) in [6, 6.07) is 2.21. The summed E-state index contributed by atoms with van der Waals surface area (Å²) in [5.74, 6) is -2.85. The van der Waals surface area contributed by atoms with Crippen LogP contribution < -0.4 is 21.5 Å². The molecule has 1 amide bonds. The summed E-state index contributed by atoms with van der Waals surface area (Å²) in [6.07, 6.45) is 0.429. The van der Waals surface area contributed by atoms with E-state index in [0.717, 1.165) is 12.3 Å². The van der Waals surface area contributed by atoms with Crippen molar-refractivity contribution in [3.63, 3.8) is 0 Å². The third-order valence-electron chi connectivity index (χ3n) is 5.95. The van der Waals surface area contributed by atoms with Gasteiger partial charge in [0.15, 0.2) is 0 Å². The van der Waals surface area contributed by atoms with Gasteiger partial charge >= 0.3 is 5.91 Å². The lowest BCUT2D eigenvalue weighted by atomic mass is 9.86. The molecule has 0 bridgehead atoms. The van der Waals surface area contributed by atoms with E-state index < -0.39 is 41.2 Å². The molecule has 4 N–H and O–H groups in total. The molecule has 0 spiro atoms. The van der Waals surface area contributed by atoms with E-state index >= 15 is 4.39 Å². The number of carbonyl (C=O) groups is 1. The predicted molar refractivity (Wildman–Crippen MR) is 121 cm³/mol. The van der Waals surface area contributed by atoms with E-state index in [1.54, 1.807) is 11.8 Å². The zero-order valence-corrected chi connectivity index (χ0v) is 17.7. The summed E-state index contributed by atoms with van der Waals surface area (Å²) < 4.78 is 30.8. The Morgan fingerprint density at radius 1 is 1.33 bits per heavy atom. The number of β-amino-alcohol motifs (C(OH)–C–C–N with tert-alkyl or cyclic N) is 1. The molecule has 1 aliphatic rings. The first-order valence-corrected chi connectivity index (χ1v) is 9.98. The highest BCUT2D eigenvalue weighted by atomic mass is 19.1. The molecule has 0 radical (unpaired) electrons. The van der Waals surface area contributed by atoms with E-state index in [-0.39, 0.29) is 52.1 Å². The van der Waals surface area contributed by atoms with Crippen LogP contribution in [0.1, 0.15) is 21.5 Å². The van der Waals surface area contributed by atoms with Crippen molar-refractivity contribution in [3.05, 3.63) is 61.8 Å². The summed E-state index contributed by atoms with van der Waals surface area (Å²) in [5, 5.41) is 21.7. The van der Waals surface area contributed by atoms with Crippen LogP contribution in [0, 0.1) is 23.5 Å². The number of aryl methyl sites for hydroxylation is 1. The van der Waals surface area contributed by atoms with Crippen LogP contribution in [-0.4, -0.2) is 47.7 Å². The Labute approximate surface area is 186 Å². The van der Waals surface area contributed by atoms with Crippen LogP contribution >= 0.6 is 0 Å². The van der Waals surface area contributed by atoms with E-state index in [9.17, 15) is 29.1 Å². The van der Waals surface area contributed by atoms with Gasteiger partial charge in [-0.1, -0.05) is 0 Å². The predicted octanol–water partition coefficient (Wildman–Crippen LogP) is -0.00228. The fraction of sp³-hybridized carbons (Fsp3) is 0.238. The van der Waals surface area contributed by atoms with Crippen molar-refractivity contribution in [2.24, 2.45) is 5.18 Å². The van der Waals surface area contributed by atoms with Crippen molar-refractivity contribution >= 4 is 41.5 Å². The summed E-state index contributed by atoms with van der Waals surface area (Å²) in [5.41, 5.74) is 4.74. The number of aromatic nitrogens is 1. The highest BCUT2D eigenvalue weighted by Gasteiger charge is 2.32. The maximum Gasteiger partial charge on any atom is 0.322 e. The molecule has 33 heavy (non-hydrogen) atoms. The molecule has 170 valence electrons. The number of nitrogens with two attached hydrogens (primary N) is 1. The van der Waals surface area contributed by atoms with Crippen LogP contribution in [0.25, 0.3) is 16.6 Å². The summed E-state index contributed by atoms with van der Waals surface area (Å²) in [7, 11) is 1.36. The minimum atomic E-state index is -1.36. The highest BCUT2D eigenvalue weighted by Crippen LogP contribution is 2.34. The summed E-state index contributed by atoms with van der Waals surface area (Å²) in [6.45, 7) is 1.32. The monoisotopic (exact) mass is 456 g/mol. The van der Waals surface area contributed by atoms with E-state index in [1.807, 2.05) is 0 Å². The molecule has 1 fully saturated rings. The number of aliphatic hydroxyl groups excluding tert-OH is 2. The van der Waals surface area contributed by atoms with Crippen molar-refractivity contribution in [3.8, 4) is 5.69 Å². The fourth-order valence-electron chi connectivity index (χ4n) is 4.27. The fourth-order valence-corrected chi connectivity index (χ4v) is 4.27. The minimum absolute atomic E-state index is 0.0754. The number of pyridine rings is 1. The average molecular weight is 456 g/mol. The lowest BCUT2D eigenvalue weighted by Crippen LogP contribution is -2.52. The van der Waals surface area contributed by atoms with Crippen molar-refractivity contribution in [1.82, 2.24) is 4.57 Å². The number of aliphatic hydroxyl groups is 2. The standard InChI is InChI=1S/C21H19BF2N4O5/c1-8-18-15(16(22)17(24)19(8)27-4-10(30)5-27)20(31)11(21(32)26-33)6-28(18)14-3-13(25)12(23)2-9(14)7-29/h2-3,6,10,29-30H,4-5,7,22,25H2,1H3. The number of nitrogen functional groups attached to an aromatic ring is 1. The second-order valence-corrected chi connectivity index (χ2v) is 7.99. The highest BCUT2D eigenvalue weighted by molar-refractivity contribution is 6.39. The van der Waals surface area contributed by atoms with Gasteiger partial charge in [0.25, 0.3) is 0 Å². The molecule has 0 atom stereocenters. The number of halogens is 2. The van der Waals surface area contributed by atoms with Crippen LogP contribution in [0.3, 0.4) is 0 Å².